The lowest BCUT2D eigenvalue weighted by Crippen LogP contribution is -2.43. The van der Waals surface area contributed by atoms with Crippen LogP contribution in [0.25, 0.3) is 0 Å². The van der Waals surface area contributed by atoms with E-state index in [1.807, 2.05) is 6.92 Å². The summed E-state index contributed by atoms with van der Waals surface area (Å²) in [6.45, 7) is 2.74. The molecule has 0 atom stereocenters. The molecule has 0 aliphatic rings. The van der Waals surface area contributed by atoms with Crippen molar-refractivity contribution in [1.82, 2.24) is 15.6 Å². The summed E-state index contributed by atoms with van der Waals surface area (Å²) in [6.07, 6.45) is 3.18. The van der Waals surface area contributed by atoms with Crippen molar-refractivity contribution in [2.24, 2.45) is 10.7 Å². The zero-order valence-electron chi connectivity index (χ0n) is 12.8. The highest BCUT2D eigenvalue weighted by molar-refractivity contribution is 7.15. The largest absolute Gasteiger partial charge is 0.467 e. The summed E-state index contributed by atoms with van der Waals surface area (Å²) in [5.74, 6) is 0.748. The van der Waals surface area contributed by atoms with Gasteiger partial charge in [0.1, 0.15) is 5.76 Å². The molecule has 2 heterocycles. The van der Waals surface area contributed by atoms with Gasteiger partial charge in [0, 0.05) is 11.4 Å². The minimum Gasteiger partial charge on any atom is -0.467 e. The number of nitrogens with one attached hydrogen (secondary N) is 2. The molecule has 9 heteroatoms. The first-order valence-electron chi connectivity index (χ1n) is 7.13. The summed E-state index contributed by atoms with van der Waals surface area (Å²) >= 11 is 1.49. The lowest BCUT2D eigenvalue weighted by molar-refractivity contribution is 0.244. The molecule has 23 heavy (non-hydrogen) atoms. The third-order valence-corrected chi connectivity index (χ3v) is 4.04. The number of nitrogens with zero attached hydrogens (tertiary/aromatic N) is 2. The van der Waals surface area contributed by atoms with E-state index in [9.17, 15) is 4.79 Å². The van der Waals surface area contributed by atoms with E-state index in [4.69, 9.17) is 15.9 Å². The Labute approximate surface area is 138 Å². The fourth-order valence-electron chi connectivity index (χ4n) is 1.90. The highest BCUT2D eigenvalue weighted by atomic mass is 32.1. The van der Waals surface area contributed by atoms with E-state index in [0.29, 0.717) is 17.4 Å². The number of hydrogen-bond donors (Lipinski definition) is 4. The standard InChI is InChI=1S/C14H20N6O2S/c1-9-11(23-13(16)19-9)5-2-6-17-12(15)20-14(21)18-8-10-4-3-7-22-10/h3-4,7H,2,5-6,8H2,1H3,(H2,16,19)(H4,15,17,18,20,21). The first kappa shape index (κ1) is 16.8. The number of aromatic nitrogens is 1. The van der Waals surface area contributed by atoms with Crippen molar-refractivity contribution < 1.29 is 9.21 Å². The van der Waals surface area contributed by atoms with Gasteiger partial charge >= 0.3 is 6.03 Å². The Morgan fingerprint density at radius 2 is 2.35 bits per heavy atom. The number of aryl methyl sites for hydroxylation is 2. The van der Waals surface area contributed by atoms with Crippen molar-refractivity contribution in [3.05, 3.63) is 34.7 Å². The average molecular weight is 336 g/mol. The van der Waals surface area contributed by atoms with Gasteiger partial charge in [-0.05, 0) is 31.9 Å². The molecule has 2 aromatic rings. The summed E-state index contributed by atoms with van der Waals surface area (Å²) in [4.78, 5) is 21.0. The van der Waals surface area contributed by atoms with Crippen molar-refractivity contribution in [1.29, 1.82) is 0 Å². The van der Waals surface area contributed by atoms with Crippen LogP contribution in [0.3, 0.4) is 0 Å². The molecular weight excluding hydrogens is 316 g/mol. The van der Waals surface area contributed by atoms with Gasteiger partial charge in [0.2, 0.25) is 0 Å². The number of carbonyl (C=O) groups excluding carboxylic acids is 1. The van der Waals surface area contributed by atoms with Gasteiger partial charge in [0.05, 0.1) is 18.5 Å². The minimum absolute atomic E-state index is 0.0856. The quantitative estimate of drug-likeness (QED) is 0.359. The number of urea groups is 1. The van der Waals surface area contributed by atoms with Crippen LogP contribution in [0.5, 0.6) is 0 Å². The van der Waals surface area contributed by atoms with Crippen LogP contribution in [-0.4, -0.2) is 23.5 Å². The number of nitrogens with two attached hydrogens (primary N) is 2. The average Bonchev–Trinajstić information content (AvgIpc) is 3.11. The lowest BCUT2D eigenvalue weighted by Gasteiger charge is -2.05. The number of thiazole rings is 1. The number of anilines is 1. The Kier molecular flexibility index (Phi) is 5.98. The topological polar surface area (TPSA) is 132 Å². The highest BCUT2D eigenvalue weighted by Gasteiger charge is 2.05. The lowest BCUT2D eigenvalue weighted by atomic mass is 10.2. The van der Waals surface area contributed by atoms with Gasteiger partial charge in [0.25, 0.3) is 0 Å². The number of carbonyl (C=O) groups is 1. The van der Waals surface area contributed by atoms with Gasteiger partial charge in [-0.15, -0.1) is 11.3 Å². The van der Waals surface area contributed by atoms with Crippen molar-refractivity contribution in [3.63, 3.8) is 0 Å². The summed E-state index contributed by atoms with van der Waals surface area (Å²) in [5.41, 5.74) is 12.3. The fraction of sp³-hybridized carbons (Fsp3) is 0.357. The SMILES string of the molecule is Cc1nc(N)sc1CCCN=C(N)NC(=O)NCc1ccco1. The maximum Gasteiger partial charge on any atom is 0.321 e. The second-order valence-corrected chi connectivity index (χ2v) is 5.93. The molecular formula is C14H20N6O2S. The Balaban J connectivity index is 1.66. The number of nitrogen functional groups attached to an aromatic ring is 1. The minimum atomic E-state index is -0.422. The fourth-order valence-corrected chi connectivity index (χ4v) is 2.78. The van der Waals surface area contributed by atoms with Crippen LogP contribution < -0.4 is 22.1 Å². The molecule has 124 valence electrons. The number of guanidine groups is 1. The van der Waals surface area contributed by atoms with E-state index in [2.05, 4.69) is 20.6 Å². The van der Waals surface area contributed by atoms with Crippen LogP contribution in [-0.2, 0) is 13.0 Å². The van der Waals surface area contributed by atoms with E-state index in [1.165, 1.54) is 11.3 Å². The molecule has 0 aliphatic carbocycles. The Bertz CT molecular complexity index is 665. The molecule has 0 spiro atoms. The van der Waals surface area contributed by atoms with Gasteiger partial charge in [-0.3, -0.25) is 10.3 Å². The summed E-state index contributed by atoms with van der Waals surface area (Å²) in [5, 5.41) is 5.66. The molecule has 0 radical (unpaired) electrons. The molecule has 0 aromatic carbocycles. The maximum absolute atomic E-state index is 11.6. The second-order valence-electron chi connectivity index (χ2n) is 4.82. The molecule has 0 aliphatic heterocycles. The molecule has 2 amide bonds. The first-order valence-corrected chi connectivity index (χ1v) is 7.95. The van der Waals surface area contributed by atoms with Crippen molar-refractivity contribution >= 4 is 28.5 Å². The third-order valence-electron chi connectivity index (χ3n) is 3.00. The number of furan rings is 1. The van der Waals surface area contributed by atoms with E-state index < -0.39 is 6.03 Å². The van der Waals surface area contributed by atoms with Gasteiger partial charge < -0.3 is 21.2 Å². The van der Waals surface area contributed by atoms with Crippen molar-refractivity contribution in [2.75, 3.05) is 12.3 Å². The Hall–Kier alpha value is -2.55. The molecule has 8 nitrogen and oxygen atoms in total. The van der Waals surface area contributed by atoms with Crippen LogP contribution in [0.1, 0.15) is 22.8 Å². The van der Waals surface area contributed by atoms with Gasteiger partial charge in [-0.1, -0.05) is 0 Å². The molecule has 0 saturated heterocycles. The predicted octanol–water partition coefficient (Wildman–Crippen LogP) is 1.37. The van der Waals surface area contributed by atoms with E-state index in [0.717, 1.165) is 23.4 Å². The van der Waals surface area contributed by atoms with Crippen LogP contribution in [0, 0.1) is 6.92 Å². The molecule has 0 bridgehead atoms. The number of aliphatic imine (C=N–C) groups is 1. The Morgan fingerprint density at radius 1 is 1.52 bits per heavy atom. The van der Waals surface area contributed by atoms with Gasteiger partial charge in [-0.25, -0.2) is 9.78 Å². The third kappa shape index (κ3) is 5.62. The summed E-state index contributed by atoms with van der Waals surface area (Å²) in [6, 6.07) is 3.10. The molecule has 0 fully saturated rings. The number of amides is 2. The van der Waals surface area contributed by atoms with E-state index >= 15 is 0 Å². The zero-order valence-corrected chi connectivity index (χ0v) is 13.7. The number of rotatable bonds is 6. The van der Waals surface area contributed by atoms with Crippen LogP contribution in [0.4, 0.5) is 9.93 Å². The van der Waals surface area contributed by atoms with Gasteiger partial charge in [-0.2, -0.15) is 0 Å². The zero-order chi connectivity index (χ0) is 16.7. The summed E-state index contributed by atoms with van der Waals surface area (Å²) < 4.78 is 5.10. The van der Waals surface area contributed by atoms with Crippen molar-refractivity contribution in [3.8, 4) is 0 Å². The smallest absolute Gasteiger partial charge is 0.321 e. The maximum atomic E-state index is 11.6. The van der Waals surface area contributed by atoms with Crippen LogP contribution in [0.15, 0.2) is 27.8 Å². The first-order chi connectivity index (χ1) is 11.0. The molecule has 0 saturated carbocycles. The Morgan fingerprint density at radius 3 is 3.00 bits per heavy atom. The molecule has 2 aromatic heterocycles. The highest BCUT2D eigenvalue weighted by Crippen LogP contribution is 2.20. The van der Waals surface area contributed by atoms with E-state index in [-0.39, 0.29) is 12.5 Å². The molecule has 0 unspecified atom stereocenters. The number of hydrogen-bond acceptors (Lipinski definition) is 6. The monoisotopic (exact) mass is 336 g/mol. The molecule has 2 rings (SSSR count). The van der Waals surface area contributed by atoms with Crippen LogP contribution >= 0.6 is 11.3 Å². The van der Waals surface area contributed by atoms with Crippen LogP contribution in [0.2, 0.25) is 0 Å². The van der Waals surface area contributed by atoms with Crippen molar-refractivity contribution in [2.45, 2.75) is 26.3 Å². The predicted molar refractivity (Wildman–Crippen MR) is 90.2 cm³/mol. The second kappa shape index (κ2) is 8.18. The summed E-state index contributed by atoms with van der Waals surface area (Å²) in [7, 11) is 0. The van der Waals surface area contributed by atoms with Gasteiger partial charge in [0.15, 0.2) is 11.1 Å². The normalized spacial score (nSPS) is 11.4. The molecule has 6 N–H and O–H groups in total. The van der Waals surface area contributed by atoms with E-state index in [1.54, 1.807) is 18.4 Å².